The number of pyridine rings is 1. The molecule has 1 unspecified atom stereocenters. The predicted octanol–water partition coefficient (Wildman–Crippen LogP) is 2.52. The Morgan fingerprint density at radius 1 is 1.29 bits per heavy atom. The summed E-state index contributed by atoms with van der Waals surface area (Å²) in [6.07, 6.45) is 0.318. The fraction of sp³-hybridized carbons (Fsp3) is 0.545. The van der Waals surface area contributed by atoms with E-state index in [1.807, 2.05) is 6.92 Å². The zero-order valence-electron chi connectivity index (χ0n) is 9.18. The number of nitrogens with zero attached hydrogens (tertiary/aromatic N) is 1. The molecule has 0 saturated carbocycles. The van der Waals surface area contributed by atoms with Gasteiger partial charge in [-0.2, -0.15) is 0 Å². The number of anilines is 2. The largest absolute Gasteiger partial charge is 0.362 e. The van der Waals surface area contributed by atoms with Crippen LogP contribution in [-0.4, -0.2) is 11.1 Å². The van der Waals surface area contributed by atoms with Crippen LogP contribution in [0.3, 0.4) is 0 Å². The lowest BCUT2D eigenvalue weighted by molar-refractivity contribution is 0.580. The third-order valence-electron chi connectivity index (χ3n) is 2.74. The highest BCUT2D eigenvalue weighted by molar-refractivity contribution is 5.71. The molecule has 0 aromatic carbocycles. The highest BCUT2D eigenvalue weighted by Gasteiger charge is 2.23. The normalized spacial score (nSPS) is 19.1. The van der Waals surface area contributed by atoms with Crippen molar-refractivity contribution in [1.29, 1.82) is 0 Å². The summed E-state index contributed by atoms with van der Waals surface area (Å²) in [6, 6.07) is 2.16. The number of nitrogens with one attached hydrogen (secondary N) is 2. The van der Waals surface area contributed by atoms with E-state index in [-0.39, 0.29) is 0 Å². The summed E-state index contributed by atoms with van der Waals surface area (Å²) in [5, 5.41) is 6.81. The maximum Gasteiger partial charge on any atom is 0.151 e. The molecular weight excluding hydrogens is 174 g/mol. The third-order valence-corrected chi connectivity index (χ3v) is 2.74. The molecule has 1 aromatic rings. The molecule has 0 bridgehead atoms. The zero-order valence-corrected chi connectivity index (χ0v) is 9.18. The second-order valence-electron chi connectivity index (χ2n) is 4.30. The van der Waals surface area contributed by atoms with Crippen molar-refractivity contribution in [3.8, 4) is 0 Å². The van der Waals surface area contributed by atoms with Crippen LogP contribution in [0, 0.1) is 19.8 Å². The first-order valence-electron chi connectivity index (χ1n) is 5.09. The maximum absolute atomic E-state index is 4.51. The molecule has 1 atom stereocenters. The standard InChI is InChI=1S/C11H17N3/c1-6(2)10-13-9-5-7(3)8(4)12-11(9)14-10/h5-6,10,13H,1-4H3,(H,12,14). The second-order valence-corrected chi connectivity index (χ2v) is 4.30. The summed E-state index contributed by atoms with van der Waals surface area (Å²) in [4.78, 5) is 4.51. The Hall–Kier alpha value is -1.25. The Bertz CT molecular complexity index is 327. The Morgan fingerprint density at radius 3 is 2.64 bits per heavy atom. The summed E-state index contributed by atoms with van der Waals surface area (Å²) in [7, 11) is 0. The topological polar surface area (TPSA) is 37.0 Å². The number of fused-ring (bicyclic) bond motifs is 1. The summed E-state index contributed by atoms with van der Waals surface area (Å²) in [5.74, 6) is 1.55. The monoisotopic (exact) mass is 191 g/mol. The maximum atomic E-state index is 4.51. The molecule has 2 N–H and O–H groups in total. The number of rotatable bonds is 1. The number of hydrogen-bond donors (Lipinski definition) is 2. The first-order chi connectivity index (χ1) is 6.58. The van der Waals surface area contributed by atoms with Crippen LogP contribution in [0.5, 0.6) is 0 Å². The van der Waals surface area contributed by atoms with E-state index in [0.717, 1.165) is 17.2 Å². The lowest BCUT2D eigenvalue weighted by Crippen LogP contribution is -2.28. The molecule has 1 aromatic heterocycles. The number of aryl methyl sites for hydroxylation is 2. The van der Waals surface area contributed by atoms with Crippen molar-refractivity contribution in [3.63, 3.8) is 0 Å². The van der Waals surface area contributed by atoms with Crippen LogP contribution < -0.4 is 10.6 Å². The zero-order chi connectivity index (χ0) is 10.3. The van der Waals surface area contributed by atoms with Crippen molar-refractivity contribution < 1.29 is 0 Å². The van der Waals surface area contributed by atoms with Crippen LogP contribution >= 0.6 is 0 Å². The number of hydrogen-bond acceptors (Lipinski definition) is 3. The molecule has 14 heavy (non-hydrogen) atoms. The Labute approximate surface area is 84.9 Å². The highest BCUT2D eigenvalue weighted by atomic mass is 15.2. The van der Waals surface area contributed by atoms with Gasteiger partial charge >= 0.3 is 0 Å². The van der Waals surface area contributed by atoms with Gasteiger partial charge in [0, 0.05) is 5.69 Å². The molecule has 3 heteroatoms. The van der Waals surface area contributed by atoms with E-state index >= 15 is 0 Å². The van der Waals surface area contributed by atoms with Crippen LogP contribution in [0.1, 0.15) is 25.1 Å². The minimum atomic E-state index is 0.318. The molecule has 1 aliphatic heterocycles. The second kappa shape index (κ2) is 3.15. The molecule has 76 valence electrons. The van der Waals surface area contributed by atoms with Crippen LogP contribution in [0.15, 0.2) is 6.07 Å². The average molecular weight is 191 g/mol. The summed E-state index contributed by atoms with van der Waals surface area (Å²) in [6.45, 7) is 8.51. The lowest BCUT2D eigenvalue weighted by atomic mass is 10.2. The minimum Gasteiger partial charge on any atom is -0.362 e. The van der Waals surface area contributed by atoms with E-state index in [0.29, 0.717) is 12.1 Å². The van der Waals surface area contributed by atoms with Gasteiger partial charge in [-0.25, -0.2) is 4.98 Å². The van der Waals surface area contributed by atoms with Gasteiger partial charge in [0.15, 0.2) is 5.82 Å². The molecule has 1 aliphatic rings. The van der Waals surface area contributed by atoms with Crippen LogP contribution in [0.4, 0.5) is 11.5 Å². The van der Waals surface area contributed by atoms with E-state index in [1.54, 1.807) is 0 Å². The highest BCUT2D eigenvalue weighted by Crippen LogP contribution is 2.30. The summed E-state index contributed by atoms with van der Waals surface area (Å²) >= 11 is 0. The predicted molar refractivity (Wildman–Crippen MR) is 59.6 cm³/mol. The smallest absolute Gasteiger partial charge is 0.151 e. The van der Waals surface area contributed by atoms with Crippen molar-refractivity contribution in [2.24, 2.45) is 5.92 Å². The van der Waals surface area contributed by atoms with E-state index < -0.39 is 0 Å². The van der Waals surface area contributed by atoms with Gasteiger partial charge < -0.3 is 10.6 Å². The minimum absolute atomic E-state index is 0.318. The van der Waals surface area contributed by atoms with E-state index in [1.165, 1.54) is 5.56 Å². The van der Waals surface area contributed by atoms with Gasteiger partial charge in [0.2, 0.25) is 0 Å². The first-order valence-corrected chi connectivity index (χ1v) is 5.09. The Balaban J connectivity index is 2.31. The van der Waals surface area contributed by atoms with Crippen LogP contribution in [-0.2, 0) is 0 Å². The Morgan fingerprint density at radius 2 is 2.00 bits per heavy atom. The van der Waals surface area contributed by atoms with Gasteiger partial charge in [-0.05, 0) is 31.4 Å². The van der Waals surface area contributed by atoms with Crippen molar-refractivity contribution in [3.05, 3.63) is 17.3 Å². The molecule has 0 fully saturated rings. The lowest BCUT2D eigenvalue weighted by Gasteiger charge is -2.15. The van der Waals surface area contributed by atoms with Gasteiger partial charge in [-0.3, -0.25) is 0 Å². The molecule has 0 aliphatic carbocycles. The summed E-state index contributed by atoms with van der Waals surface area (Å²) < 4.78 is 0. The van der Waals surface area contributed by atoms with Gasteiger partial charge in [0.1, 0.15) is 6.17 Å². The van der Waals surface area contributed by atoms with Crippen molar-refractivity contribution in [2.75, 3.05) is 10.6 Å². The Kier molecular flexibility index (Phi) is 2.10. The van der Waals surface area contributed by atoms with Gasteiger partial charge in [-0.1, -0.05) is 13.8 Å². The van der Waals surface area contributed by atoms with E-state index in [2.05, 4.69) is 42.5 Å². The molecule has 2 rings (SSSR count). The van der Waals surface area contributed by atoms with Crippen molar-refractivity contribution in [1.82, 2.24) is 4.98 Å². The molecule has 0 saturated heterocycles. The molecule has 0 radical (unpaired) electrons. The van der Waals surface area contributed by atoms with Crippen LogP contribution in [0.25, 0.3) is 0 Å². The number of aromatic nitrogens is 1. The van der Waals surface area contributed by atoms with Gasteiger partial charge in [-0.15, -0.1) is 0 Å². The molecule has 0 amide bonds. The van der Waals surface area contributed by atoms with Crippen LogP contribution in [0.2, 0.25) is 0 Å². The SMILES string of the molecule is Cc1cc2c(nc1C)NC(C(C)C)N2. The fourth-order valence-electron chi connectivity index (χ4n) is 1.61. The van der Waals surface area contributed by atoms with Gasteiger partial charge in [0.25, 0.3) is 0 Å². The quantitative estimate of drug-likeness (QED) is 0.716. The van der Waals surface area contributed by atoms with Crippen molar-refractivity contribution >= 4 is 11.5 Å². The molecule has 3 nitrogen and oxygen atoms in total. The van der Waals surface area contributed by atoms with E-state index in [4.69, 9.17) is 0 Å². The first kappa shape index (κ1) is 9.31. The third kappa shape index (κ3) is 1.43. The van der Waals surface area contributed by atoms with Gasteiger partial charge in [0.05, 0.1) is 5.69 Å². The average Bonchev–Trinajstić information content (AvgIpc) is 2.48. The fourth-order valence-corrected chi connectivity index (χ4v) is 1.61. The summed E-state index contributed by atoms with van der Waals surface area (Å²) in [5.41, 5.74) is 3.47. The molecule has 0 spiro atoms. The van der Waals surface area contributed by atoms with E-state index in [9.17, 15) is 0 Å². The molecule has 2 heterocycles. The van der Waals surface area contributed by atoms with Crippen molar-refractivity contribution in [2.45, 2.75) is 33.9 Å². The molecular formula is C11H17N3.